The van der Waals surface area contributed by atoms with E-state index in [2.05, 4.69) is 33.7 Å². The van der Waals surface area contributed by atoms with Gasteiger partial charge in [-0.15, -0.1) is 0 Å². The van der Waals surface area contributed by atoms with E-state index in [1.165, 1.54) is 0 Å². The molecule has 7 nitrogen and oxygen atoms in total. The monoisotopic (exact) mass is 496 g/mol. The van der Waals surface area contributed by atoms with Crippen LogP contribution in [0.1, 0.15) is 16.8 Å². The van der Waals surface area contributed by atoms with Crippen molar-refractivity contribution in [3.8, 4) is 11.1 Å². The molecule has 1 aliphatic rings. The van der Waals surface area contributed by atoms with Crippen LogP contribution in [0.15, 0.2) is 72.9 Å². The van der Waals surface area contributed by atoms with Crippen LogP contribution in [-0.2, 0) is 17.7 Å². The number of urea groups is 1. The molecule has 2 heterocycles. The van der Waals surface area contributed by atoms with Gasteiger partial charge in [0.15, 0.2) is 0 Å². The van der Waals surface area contributed by atoms with Crippen molar-refractivity contribution in [2.24, 2.45) is 0 Å². The van der Waals surface area contributed by atoms with Gasteiger partial charge in [-0.3, -0.25) is 9.88 Å². The lowest BCUT2D eigenvalue weighted by Crippen LogP contribution is -2.35. The van der Waals surface area contributed by atoms with Gasteiger partial charge in [0.25, 0.3) is 0 Å². The highest BCUT2D eigenvalue weighted by Crippen LogP contribution is 2.33. The minimum absolute atomic E-state index is 0.0686. The topological polar surface area (TPSA) is 86.7 Å². The van der Waals surface area contributed by atoms with E-state index >= 15 is 0 Å². The number of aliphatic hydroxyl groups excluding tert-OH is 1. The molecule has 190 valence electrons. The third kappa shape index (κ3) is 5.97. The maximum Gasteiger partial charge on any atom is 0.323 e. The Morgan fingerprint density at radius 3 is 2.51 bits per heavy atom. The summed E-state index contributed by atoms with van der Waals surface area (Å²) in [5.41, 5.74) is 6.55. The van der Waals surface area contributed by atoms with E-state index < -0.39 is 0 Å². The van der Waals surface area contributed by atoms with Crippen LogP contribution in [0, 0.1) is 6.92 Å². The van der Waals surface area contributed by atoms with Gasteiger partial charge in [-0.1, -0.05) is 48.5 Å². The first-order valence-electron chi connectivity index (χ1n) is 12.7. The standard InChI is InChI=1S/C30H32N4O3/c1-21-6-7-22(12-15-35)18-29(21)33-30(36)32-28-11-10-25(26-4-2-3-5-27(26)28)23-8-9-24(31-19-23)20-34-13-16-37-17-14-34/h2-11,18-19,35H,12-17,20H2,1H3,(H2,32,33,36). The number of aryl methyl sites for hydroxylation is 1. The summed E-state index contributed by atoms with van der Waals surface area (Å²) in [5.74, 6) is 0. The van der Waals surface area contributed by atoms with Gasteiger partial charge < -0.3 is 20.5 Å². The average Bonchev–Trinajstić information content (AvgIpc) is 2.92. The fourth-order valence-electron chi connectivity index (χ4n) is 4.69. The largest absolute Gasteiger partial charge is 0.396 e. The number of hydrogen-bond acceptors (Lipinski definition) is 5. The van der Waals surface area contributed by atoms with E-state index in [0.717, 1.165) is 82.9 Å². The van der Waals surface area contributed by atoms with E-state index in [1.807, 2.05) is 61.7 Å². The molecule has 1 fully saturated rings. The van der Waals surface area contributed by atoms with Gasteiger partial charge in [0.05, 0.1) is 24.6 Å². The minimum atomic E-state index is -0.309. The van der Waals surface area contributed by atoms with E-state index in [9.17, 15) is 9.90 Å². The number of rotatable bonds is 7. The van der Waals surface area contributed by atoms with Crippen molar-refractivity contribution in [1.29, 1.82) is 0 Å². The van der Waals surface area contributed by atoms with Gasteiger partial charge in [0, 0.05) is 49.1 Å². The number of aromatic nitrogens is 1. The van der Waals surface area contributed by atoms with Gasteiger partial charge in [-0.05, 0) is 53.6 Å². The third-order valence-electron chi connectivity index (χ3n) is 6.75. The summed E-state index contributed by atoms with van der Waals surface area (Å²) in [6.45, 7) is 6.26. The zero-order valence-electron chi connectivity index (χ0n) is 21.0. The number of nitrogens with one attached hydrogen (secondary N) is 2. The average molecular weight is 497 g/mol. The van der Waals surface area contributed by atoms with Crippen LogP contribution in [0.2, 0.25) is 0 Å². The summed E-state index contributed by atoms with van der Waals surface area (Å²) in [7, 11) is 0. The summed E-state index contributed by atoms with van der Waals surface area (Å²) >= 11 is 0. The Morgan fingerprint density at radius 1 is 0.973 bits per heavy atom. The maximum atomic E-state index is 12.9. The highest BCUT2D eigenvalue weighted by atomic mass is 16.5. The van der Waals surface area contributed by atoms with Crippen molar-refractivity contribution in [3.63, 3.8) is 0 Å². The van der Waals surface area contributed by atoms with Crippen LogP contribution in [0.4, 0.5) is 16.2 Å². The molecular formula is C30H32N4O3. The first kappa shape index (κ1) is 24.9. The third-order valence-corrected chi connectivity index (χ3v) is 6.75. The SMILES string of the molecule is Cc1ccc(CCO)cc1NC(=O)Nc1ccc(-c2ccc(CN3CCOCC3)nc2)c2ccccc12. The number of carbonyl (C=O) groups is 1. The summed E-state index contributed by atoms with van der Waals surface area (Å²) in [6.07, 6.45) is 2.48. The highest BCUT2D eigenvalue weighted by molar-refractivity contribution is 6.09. The Bertz CT molecular complexity index is 1380. The highest BCUT2D eigenvalue weighted by Gasteiger charge is 2.14. The quantitative estimate of drug-likeness (QED) is 0.327. The number of fused-ring (bicyclic) bond motifs is 1. The summed E-state index contributed by atoms with van der Waals surface area (Å²) < 4.78 is 5.44. The number of ether oxygens (including phenoxy) is 1. The summed E-state index contributed by atoms with van der Waals surface area (Å²) in [5, 5.41) is 17.2. The number of benzene rings is 3. The molecule has 1 saturated heterocycles. The van der Waals surface area contributed by atoms with Crippen molar-refractivity contribution in [3.05, 3.63) is 89.7 Å². The Hall–Kier alpha value is -3.78. The van der Waals surface area contributed by atoms with Gasteiger partial charge in [-0.25, -0.2) is 4.79 Å². The Morgan fingerprint density at radius 2 is 1.76 bits per heavy atom. The molecule has 0 spiro atoms. The van der Waals surface area contributed by atoms with Crippen LogP contribution < -0.4 is 10.6 Å². The number of carbonyl (C=O) groups excluding carboxylic acids is 1. The second-order valence-electron chi connectivity index (χ2n) is 9.34. The minimum Gasteiger partial charge on any atom is -0.396 e. The van der Waals surface area contributed by atoms with Gasteiger partial charge >= 0.3 is 6.03 Å². The van der Waals surface area contributed by atoms with Crippen LogP contribution in [0.5, 0.6) is 0 Å². The zero-order chi connectivity index (χ0) is 25.6. The molecule has 5 rings (SSSR count). The normalized spacial score (nSPS) is 14.0. The summed E-state index contributed by atoms with van der Waals surface area (Å²) in [4.78, 5) is 20.0. The lowest BCUT2D eigenvalue weighted by atomic mass is 9.98. The van der Waals surface area contributed by atoms with Gasteiger partial charge in [0.1, 0.15) is 0 Å². The predicted octanol–water partition coefficient (Wildman–Crippen LogP) is 5.22. The number of anilines is 2. The van der Waals surface area contributed by atoms with E-state index in [0.29, 0.717) is 6.42 Å². The van der Waals surface area contributed by atoms with Crippen molar-refractivity contribution in [1.82, 2.24) is 9.88 Å². The fourth-order valence-corrected chi connectivity index (χ4v) is 4.69. The van der Waals surface area contributed by atoms with Gasteiger partial charge in [0.2, 0.25) is 0 Å². The van der Waals surface area contributed by atoms with Gasteiger partial charge in [-0.2, -0.15) is 0 Å². The fraction of sp³-hybridized carbons (Fsp3) is 0.267. The molecule has 7 heteroatoms. The lowest BCUT2D eigenvalue weighted by molar-refractivity contribution is 0.0336. The molecule has 0 radical (unpaired) electrons. The van der Waals surface area contributed by atoms with Crippen LogP contribution in [-0.4, -0.2) is 53.9 Å². The molecule has 4 aromatic rings. The summed E-state index contributed by atoms with van der Waals surface area (Å²) in [6, 6.07) is 21.7. The number of hydrogen-bond donors (Lipinski definition) is 3. The Kier molecular flexibility index (Phi) is 7.75. The molecule has 3 N–H and O–H groups in total. The molecule has 1 aromatic heterocycles. The first-order valence-corrected chi connectivity index (χ1v) is 12.7. The Balaban J connectivity index is 1.35. The van der Waals surface area contributed by atoms with Crippen molar-refractivity contribution in [2.75, 3.05) is 43.5 Å². The molecule has 0 atom stereocenters. The molecule has 2 amide bonds. The number of pyridine rings is 1. The van der Waals surface area contributed by atoms with E-state index in [4.69, 9.17) is 9.72 Å². The molecule has 37 heavy (non-hydrogen) atoms. The van der Waals surface area contributed by atoms with E-state index in [1.54, 1.807) is 0 Å². The van der Waals surface area contributed by atoms with Crippen molar-refractivity contribution in [2.45, 2.75) is 19.9 Å². The first-order chi connectivity index (χ1) is 18.1. The smallest absolute Gasteiger partial charge is 0.323 e. The molecule has 0 saturated carbocycles. The van der Waals surface area contributed by atoms with Crippen molar-refractivity contribution >= 4 is 28.2 Å². The second-order valence-corrected chi connectivity index (χ2v) is 9.34. The van der Waals surface area contributed by atoms with Crippen LogP contribution in [0.3, 0.4) is 0 Å². The Labute approximate surface area is 217 Å². The molecule has 3 aromatic carbocycles. The molecule has 0 aliphatic carbocycles. The molecule has 0 unspecified atom stereocenters. The molecular weight excluding hydrogens is 464 g/mol. The van der Waals surface area contributed by atoms with Crippen LogP contribution >= 0.6 is 0 Å². The number of morpholine rings is 1. The second kappa shape index (κ2) is 11.5. The maximum absolute atomic E-state index is 12.9. The molecule has 1 aliphatic heterocycles. The van der Waals surface area contributed by atoms with Crippen molar-refractivity contribution < 1.29 is 14.6 Å². The van der Waals surface area contributed by atoms with Crippen LogP contribution in [0.25, 0.3) is 21.9 Å². The predicted molar refractivity (Wildman–Crippen MR) is 148 cm³/mol. The number of amides is 2. The number of aliphatic hydroxyl groups is 1. The lowest BCUT2D eigenvalue weighted by Gasteiger charge is -2.26. The molecule has 0 bridgehead atoms. The number of nitrogens with zero attached hydrogens (tertiary/aromatic N) is 2. The zero-order valence-corrected chi connectivity index (χ0v) is 21.0. The van der Waals surface area contributed by atoms with E-state index in [-0.39, 0.29) is 12.6 Å².